The van der Waals surface area contributed by atoms with E-state index in [-0.39, 0.29) is 29.8 Å². The predicted octanol–water partition coefficient (Wildman–Crippen LogP) is 3.93. The lowest BCUT2D eigenvalue weighted by atomic mass is 9.82. The molecule has 0 unspecified atom stereocenters. The molecule has 1 aliphatic carbocycles. The third-order valence-electron chi connectivity index (χ3n) is 5.24. The fourth-order valence-electron chi connectivity index (χ4n) is 3.32. The first kappa shape index (κ1) is 22.5. The second kappa shape index (κ2) is 11.2. The second-order valence-corrected chi connectivity index (χ2v) is 7.89. The zero-order valence-electron chi connectivity index (χ0n) is 16.3. The maximum atomic E-state index is 10.5. The highest BCUT2D eigenvalue weighted by atomic mass is 16.4. The van der Waals surface area contributed by atoms with Gasteiger partial charge >= 0.3 is 5.97 Å². The topological polar surface area (TPSA) is 77.8 Å². The van der Waals surface area contributed by atoms with Gasteiger partial charge in [-0.05, 0) is 50.9 Å². The van der Waals surface area contributed by atoms with Crippen LogP contribution < -0.4 is 0 Å². The van der Waals surface area contributed by atoms with Crippen molar-refractivity contribution in [1.82, 2.24) is 0 Å². The van der Waals surface area contributed by atoms with E-state index >= 15 is 0 Å². The van der Waals surface area contributed by atoms with Crippen molar-refractivity contribution in [3.05, 3.63) is 24.3 Å². The number of aliphatic hydroxyl groups is 2. The molecule has 0 spiro atoms. The fraction of sp³-hybridized carbons (Fsp3) is 0.682. The summed E-state index contributed by atoms with van der Waals surface area (Å²) < 4.78 is 0. The smallest absolute Gasteiger partial charge is 0.303 e. The molecule has 0 aromatic rings. The van der Waals surface area contributed by atoms with Crippen LogP contribution >= 0.6 is 0 Å². The van der Waals surface area contributed by atoms with Crippen molar-refractivity contribution in [3.8, 4) is 11.8 Å². The van der Waals surface area contributed by atoms with Crippen molar-refractivity contribution in [2.75, 3.05) is 0 Å². The highest BCUT2D eigenvalue weighted by Crippen LogP contribution is 2.36. The Labute approximate surface area is 158 Å². The maximum absolute atomic E-state index is 10.5. The summed E-state index contributed by atoms with van der Waals surface area (Å²) in [5.41, 5.74) is -0.295. The van der Waals surface area contributed by atoms with E-state index in [0.717, 1.165) is 25.7 Å². The SMILES string of the molecule is CC#CCC(C)(C)[C@H](O)C=C[C@H]1CC[C@H](O)[C@@H]1CC=CCCCC(=O)O. The van der Waals surface area contributed by atoms with Gasteiger partial charge in [0.25, 0.3) is 0 Å². The van der Waals surface area contributed by atoms with Crippen LogP contribution in [0.2, 0.25) is 0 Å². The highest BCUT2D eigenvalue weighted by molar-refractivity contribution is 5.66. The standard InChI is InChI=1S/C22H34O4/c1-4-5-16-22(2,3)20(24)15-13-17-12-14-19(23)18(17)10-8-6-7-9-11-21(25)26/h6,8,13,15,17-20,23-24H,7,9-12,14,16H2,1-3H3,(H,25,26)/t17-,18-,19+,20-/m1/s1. The van der Waals surface area contributed by atoms with Crippen molar-refractivity contribution in [3.63, 3.8) is 0 Å². The van der Waals surface area contributed by atoms with Crippen LogP contribution in [0.15, 0.2) is 24.3 Å². The molecule has 4 heteroatoms. The zero-order valence-corrected chi connectivity index (χ0v) is 16.3. The molecule has 0 aliphatic heterocycles. The molecule has 1 rings (SSSR count). The summed E-state index contributed by atoms with van der Waals surface area (Å²) in [5, 5.41) is 29.3. The number of unbranched alkanes of at least 4 members (excludes halogenated alkanes) is 1. The molecule has 1 fully saturated rings. The van der Waals surface area contributed by atoms with E-state index in [4.69, 9.17) is 5.11 Å². The summed E-state index contributed by atoms with van der Waals surface area (Å²) in [7, 11) is 0. The molecule has 4 atom stereocenters. The third kappa shape index (κ3) is 7.76. The van der Waals surface area contributed by atoms with Crippen LogP contribution in [0.3, 0.4) is 0 Å². The first-order valence-electron chi connectivity index (χ1n) is 9.58. The van der Waals surface area contributed by atoms with Crippen molar-refractivity contribution in [1.29, 1.82) is 0 Å². The first-order chi connectivity index (χ1) is 12.3. The Morgan fingerprint density at radius 1 is 1.31 bits per heavy atom. The van der Waals surface area contributed by atoms with Gasteiger partial charge in [0.05, 0.1) is 12.2 Å². The van der Waals surface area contributed by atoms with Crippen LogP contribution in [-0.2, 0) is 4.79 Å². The summed E-state index contributed by atoms with van der Waals surface area (Å²) in [6.07, 6.45) is 11.8. The van der Waals surface area contributed by atoms with E-state index < -0.39 is 12.1 Å². The van der Waals surface area contributed by atoms with Gasteiger partial charge in [-0.3, -0.25) is 4.79 Å². The van der Waals surface area contributed by atoms with Crippen molar-refractivity contribution in [2.24, 2.45) is 17.3 Å². The number of hydrogen-bond donors (Lipinski definition) is 3. The molecule has 146 valence electrons. The molecule has 0 saturated heterocycles. The maximum Gasteiger partial charge on any atom is 0.303 e. The lowest BCUT2D eigenvalue weighted by molar-refractivity contribution is -0.137. The second-order valence-electron chi connectivity index (χ2n) is 7.89. The van der Waals surface area contributed by atoms with Crippen molar-refractivity contribution < 1.29 is 20.1 Å². The van der Waals surface area contributed by atoms with E-state index in [2.05, 4.69) is 24.0 Å². The van der Waals surface area contributed by atoms with E-state index in [1.54, 1.807) is 6.92 Å². The van der Waals surface area contributed by atoms with Gasteiger partial charge < -0.3 is 15.3 Å². The number of rotatable bonds is 10. The molecule has 0 radical (unpaired) electrons. The molecule has 0 amide bonds. The van der Waals surface area contributed by atoms with E-state index in [1.807, 2.05) is 26.0 Å². The Balaban J connectivity index is 2.54. The molecule has 1 saturated carbocycles. The van der Waals surface area contributed by atoms with Crippen LogP contribution in [-0.4, -0.2) is 33.5 Å². The number of hydrogen-bond acceptors (Lipinski definition) is 3. The fourth-order valence-corrected chi connectivity index (χ4v) is 3.32. The summed E-state index contributed by atoms with van der Waals surface area (Å²) >= 11 is 0. The van der Waals surface area contributed by atoms with Gasteiger partial charge in [-0.1, -0.05) is 38.2 Å². The first-order valence-corrected chi connectivity index (χ1v) is 9.58. The number of carboxylic acids is 1. The van der Waals surface area contributed by atoms with Crippen LogP contribution in [0.1, 0.15) is 65.7 Å². The summed E-state index contributed by atoms with van der Waals surface area (Å²) in [5.74, 6) is 5.57. The van der Waals surface area contributed by atoms with Crippen molar-refractivity contribution in [2.45, 2.75) is 77.9 Å². The molecular weight excluding hydrogens is 328 g/mol. The lowest BCUT2D eigenvalue weighted by Crippen LogP contribution is -2.27. The van der Waals surface area contributed by atoms with Gasteiger partial charge in [-0.15, -0.1) is 11.8 Å². The number of carbonyl (C=O) groups is 1. The van der Waals surface area contributed by atoms with Gasteiger partial charge in [0.1, 0.15) is 0 Å². The van der Waals surface area contributed by atoms with E-state index in [0.29, 0.717) is 12.8 Å². The summed E-state index contributed by atoms with van der Waals surface area (Å²) in [4.78, 5) is 10.5. The van der Waals surface area contributed by atoms with Crippen LogP contribution in [0.4, 0.5) is 0 Å². The Hall–Kier alpha value is -1.57. The number of carboxylic acid groups (broad SMARTS) is 1. The molecule has 1 aliphatic rings. The minimum Gasteiger partial charge on any atom is -0.481 e. The normalized spacial score (nSPS) is 24.7. The number of aliphatic carboxylic acids is 1. The molecule has 26 heavy (non-hydrogen) atoms. The quantitative estimate of drug-likeness (QED) is 0.313. The molecule has 3 N–H and O–H groups in total. The Morgan fingerprint density at radius 3 is 2.69 bits per heavy atom. The van der Waals surface area contributed by atoms with Crippen LogP contribution in [0.5, 0.6) is 0 Å². The molecule has 0 heterocycles. The zero-order chi connectivity index (χ0) is 19.6. The largest absolute Gasteiger partial charge is 0.481 e. The van der Waals surface area contributed by atoms with Gasteiger partial charge in [-0.2, -0.15) is 0 Å². The molecule has 0 bridgehead atoms. The third-order valence-corrected chi connectivity index (χ3v) is 5.24. The predicted molar refractivity (Wildman–Crippen MR) is 104 cm³/mol. The van der Waals surface area contributed by atoms with Gasteiger partial charge in [-0.25, -0.2) is 0 Å². The molecular formula is C22H34O4. The van der Waals surface area contributed by atoms with Crippen molar-refractivity contribution >= 4 is 5.97 Å². The van der Waals surface area contributed by atoms with Crippen LogP contribution in [0.25, 0.3) is 0 Å². The van der Waals surface area contributed by atoms with Crippen LogP contribution in [0, 0.1) is 29.1 Å². The number of aliphatic hydroxyl groups excluding tert-OH is 2. The Bertz CT molecular complexity index is 550. The number of allylic oxidation sites excluding steroid dienone is 3. The van der Waals surface area contributed by atoms with E-state index in [1.165, 1.54) is 0 Å². The molecule has 0 aromatic heterocycles. The average molecular weight is 363 g/mol. The van der Waals surface area contributed by atoms with Gasteiger partial charge in [0, 0.05) is 18.3 Å². The highest BCUT2D eigenvalue weighted by Gasteiger charge is 2.33. The summed E-state index contributed by atoms with van der Waals surface area (Å²) in [6.45, 7) is 5.82. The van der Waals surface area contributed by atoms with E-state index in [9.17, 15) is 15.0 Å². The summed E-state index contributed by atoms with van der Waals surface area (Å²) in [6, 6.07) is 0. The van der Waals surface area contributed by atoms with Gasteiger partial charge in [0.2, 0.25) is 0 Å². The lowest BCUT2D eigenvalue weighted by Gasteiger charge is -2.27. The Morgan fingerprint density at radius 2 is 2.04 bits per heavy atom. The average Bonchev–Trinajstić information content (AvgIpc) is 2.93. The molecule has 0 aromatic carbocycles. The van der Waals surface area contributed by atoms with Gasteiger partial charge in [0.15, 0.2) is 0 Å². The monoisotopic (exact) mass is 362 g/mol. The minimum atomic E-state index is -0.763. The Kier molecular flexibility index (Phi) is 9.69. The minimum absolute atomic E-state index is 0.160. The molecule has 4 nitrogen and oxygen atoms in total.